The standard InChI is InChI=1S/C14H28O8/c15-6-8-17-10-12-19-21-14(4-2-1-3-5-14)22-20-13-11-18-9-7-16/h15-16H,1-13H2. The number of ether oxygens (including phenoxy) is 2. The maximum atomic E-state index is 8.58. The third kappa shape index (κ3) is 8.96. The third-order valence-electron chi connectivity index (χ3n) is 3.13. The lowest BCUT2D eigenvalue weighted by atomic mass is 9.94. The van der Waals surface area contributed by atoms with Crippen molar-refractivity contribution in [2.75, 3.05) is 52.9 Å². The minimum absolute atomic E-state index is 0.0138. The Morgan fingerprint density at radius 3 is 1.59 bits per heavy atom. The van der Waals surface area contributed by atoms with Gasteiger partial charge in [-0.1, -0.05) is 6.42 Å². The average molecular weight is 324 g/mol. The summed E-state index contributed by atoms with van der Waals surface area (Å²) >= 11 is 0. The van der Waals surface area contributed by atoms with E-state index >= 15 is 0 Å². The molecule has 1 aliphatic carbocycles. The van der Waals surface area contributed by atoms with Crippen LogP contribution >= 0.6 is 0 Å². The van der Waals surface area contributed by atoms with Gasteiger partial charge in [0.25, 0.3) is 0 Å². The molecule has 132 valence electrons. The maximum absolute atomic E-state index is 8.58. The van der Waals surface area contributed by atoms with Crippen LogP contribution in [0.5, 0.6) is 0 Å². The minimum Gasteiger partial charge on any atom is -0.394 e. The van der Waals surface area contributed by atoms with Gasteiger partial charge in [0.05, 0.1) is 39.6 Å². The summed E-state index contributed by atoms with van der Waals surface area (Å²) in [6, 6.07) is 0. The van der Waals surface area contributed by atoms with E-state index in [0.717, 1.165) is 19.3 Å². The Balaban J connectivity index is 2.17. The molecule has 0 heterocycles. The monoisotopic (exact) mass is 324 g/mol. The van der Waals surface area contributed by atoms with Gasteiger partial charge in [-0.05, 0) is 12.8 Å². The smallest absolute Gasteiger partial charge is 0.233 e. The van der Waals surface area contributed by atoms with Crippen LogP contribution in [0.25, 0.3) is 0 Å². The number of hydrogen-bond acceptors (Lipinski definition) is 8. The fourth-order valence-corrected chi connectivity index (χ4v) is 2.09. The quantitative estimate of drug-likeness (QED) is 0.207. The molecule has 8 nitrogen and oxygen atoms in total. The summed E-state index contributed by atoms with van der Waals surface area (Å²) in [5, 5.41) is 17.2. The van der Waals surface area contributed by atoms with Gasteiger partial charge in [-0.3, -0.25) is 0 Å². The molecule has 0 spiro atoms. The van der Waals surface area contributed by atoms with E-state index in [2.05, 4.69) is 0 Å². The molecule has 1 saturated carbocycles. The number of rotatable bonds is 14. The van der Waals surface area contributed by atoms with Crippen molar-refractivity contribution >= 4 is 0 Å². The van der Waals surface area contributed by atoms with Crippen LogP contribution in [0, 0.1) is 0 Å². The fourth-order valence-electron chi connectivity index (χ4n) is 2.09. The molecule has 0 saturated heterocycles. The first-order valence-corrected chi connectivity index (χ1v) is 7.81. The van der Waals surface area contributed by atoms with Crippen molar-refractivity contribution in [3.63, 3.8) is 0 Å². The number of hydrogen-bond donors (Lipinski definition) is 2. The average Bonchev–Trinajstić information content (AvgIpc) is 2.55. The summed E-state index contributed by atoms with van der Waals surface area (Å²) in [5.74, 6) is -0.883. The SMILES string of the molecule is OCCOCCOOC1(OOCCOCCO)CCCCC1. The van der Waals surface area contributed by atoms with E-state index in [4.69, 9.17) is 39.2 Å². The lowest BCUT2D eigenvalue weighted by molar-refractivity contribution is -0.517. The Labute approximate surface area is 131 Å². The van der Waals surface area contributed by atoms with E-state index in [1.807, 2.05) is 0 Å². The molecule has 22 heavy (non-hydrogen) atoms. The van der Waals surface area contributed by atoms with Crippen LogP contribution in [0.1, 0.15) is 32.1 Å². The van der Waals surface area contributed by atoms with Gasteiger partial charge in [-0.25, -0.2) is 9.78 Å². The van der Waals surface area contributed by atoms with E-state index < -0.39 is 5.79 Å². The first kappa shape index (κ1) is 19.7. The topological polar surface area (TPSA) is 95.8 Å². The zero-order valence-corrected chi connectivity index (χ0v) is 13.0. The van der Waals surface area contributed by atoms with Crippen molar-refractivity contribution in [3.05, 3.63) is 0 Å². The van der Waals surface area contributed by atoms with Crippen LogP contribution in [-0.2, 0) is 29.0 Å². The highest BCUT2D eigenvalue weighted by Crippen LogP contribution is 2.33. The van der Waals surface area contributed by atoms with Crippen molar-refractivity contribution in [2.24, 2.45) is 0 Å². The molecule has 2 N–H and O–H groups in total. The van der Waals surface area contributed by atoms with Crippen molar-refractivity contribution < 1.29 is 39.2 Å². The Kier molecular flexibility index (Phi) is 11.8. The molecule has 0 bridgehead atoms. The Morgan fingerprint density at radius 2 is 1.14 bits per heavy atom. The molecule has 0 unspecified atom stereocenters. The highest BCUT2D eigenvalue weighted by atomic mass is 17.3. The van der Waals surface area contributed by atoms with Crippen LogP contribution in [0.3, 0.4) is 0 Å². The maximum Gasteiger partial charge on any atom is 0.233 e. The Morgan fingerprint density at radius 1 is 0.636 bits per heavy atom. The van der Waals surface area contributed by atoms with Gasteiger partial charge in [0, 0.05) is 12.8 Å². The second kappa shape index (κ2) is 13.1. The normalized spacial score (nSPS) is 17.7. The molecular weight excluding hydrogens is 296 g/mol. The fraction of sp³-hybridized carbons (Fsp3) is 1.00. The molecule has 1 fully saturated rings. The summed E-state index contributed by atoms with van der Waals surface area (Å²) in [6.45, 7) is 1.72. The largest absolute Gasteiger partial charge is 0.394 e. The highest BCUT2D eigenvalue weighted by molar-refractivity contribution is 4.72. The highest BCUT2D eigenvalue weighted by Gasteiger charge is 2.37. The minimum atomic E-state index is -0.883. The third-order valence-corrected chi connectivity index (χ3v) is 3.13. The van der Waals surface area contributed by atoms with Gasteiger partial charge >= 0.3 is 0 Å². The lowest BCUT2D eigenvalue weighted by Gasteiger charge is -2.33. The van der Waals surface area contributed by atoms with Gasteiger partial charge in [-0.15, -0.1) is 0 Å². The zero-order valence-electron chi connectivity index (χ0n) is 13.0. The Hall–Kier alpha value is -0.320. The molecule has 1 rings (SSSR count). The van der Waals surface area contributed by atoms with Gasteiger partial charge in [-0.2, -0.15) is 9.78 Å². The van der Waals surface area contributed by atoms with E-state index in [0.29, 0.717) is 26.1 Å². The molecule has 0 aromatic carbocycles. The van der Waals surface area contributed by atoms with Crippen LogP contribution in [0.2, 0.25) is 0 Å². The van der Waals surface area contributed by atoms with E-state index in [-0.39, 0.29) is 39.6 Å². The first-order chi connectivity index (χ1) is 10.8. The molecule has 1 aliphatic rings. The van der Waals surface area contributed by atoms with Crippen LogP contribution < -0.4 is 0 Å². The molecule has 0 radical (unpaired) electrons. The summed E-state index contributed by atoms with van der Waals surface area (Å²) in [6.07, 6.45) is 4.49. The molecule has 0 atom stereocenters. The summed E-state index contributed by atoms with van der Waals surface area (Å²) in [7, 11) is 0. The van der Waals surface area contributed by atoms with Crippen molar-refractivity contribution in [2.45, 2.75) is 37.9 Å². The van der Waals surface area contributed by atoms with Gasteiger partial charge in [0.15, 0.2) is 0 Å². The summed E-state index contributed by atoms with van der Waals surface area (Å²) < 4.78 is 10.2. The zero-order chi connectivity index (χ0) is 15.9. The molecular formula is C14H28O8. The molecule has 0 aromatic heterocycles. The lowest BCUT2D eigenvalue weighted by Crippen LogP contribution is -2.39. The van der Waals surface area contributed by atoms with Gasteiger partial charge < -0.3 is 19.7 Å². The molecule has 0 amide bonds. The van der Waals surface area contributed by atoms with Crippen LogP contribution in [-0.4, -0.2) is 68.9 Å². The molecule has 0 aliphatic heterocycles. The van der Waals surface area contributed by atoms with Crippen molar-refractivity contribution in [3.8, 4) is 0 Å². The number of aliphatic hydroxyl groups is 2. The second-order valence-corrected chi connectivity index (χ2v) is 4.95. The predicted molar refractivity (Wildman–Crippen MR) is 75.7 cm³/mol. The predicted octanol–water partition coefficient (Wildman–Crippen LogP) is 0.561. The van der Waals surface area contributed by atoms with Crippen LogP contribution in [0.4, 0.5) is 0 Å². The van der Waals surface area contributed by atoms with Crippen molar-refractivity contribution in [1.29, 1.82) is 0 Å². The Bertz CT molecular complexity index is 227. The first-order valence-electron chi connectivity index (χ1n) is 7.81. The van der Waals surface area contributed by atoms with Crippen molar-refractivity contribution in [1.82, 2.24) is 0 Å². The van der Waals surface area contributed by atoms with Gasteiger partial charge in [0.2, 0.25) is 5.79 Å². The van der Waals surface area contributed by atoms with E-state index in [9.17, 15) is 0 Å². The summed E-state index contributed by atoms with van der Waals surface area (Å²) in [5.41, 5.74) is 0. The van der Waals surface area contributed by atoms with Gasteiger partial charge in [0.1, 0.15) is 13.2 Å². The van der Waals surface area contributed by atoms with E-state index in [1.165, 1.54) is 0 Å². The van der Waals surface area contributed by atoms with Crippen LogP contribution in [0.15, 0.2) is 0 Å². The van der Waals surface area contributed by atoms with E-state index in [1.54, 1.807) is 0 Å². The summed E-state index contributed by atoms with van der Waals surface area (Å²) in [4.78, 5) is 21.1. The second-order valence-electron chi connectivity index (χ2n) is 4.95. The molecule has 8 heteroatoms. The molecule has 0 aromatic rings. The number of aliphatic hydroxyl groups excluding tert-OH is 2.